The van der Waals surface area contributed by atoms with Crippen LogP contribution in [-0.2, 0) is 17.1 Å². The molecule has 0 bridgehead atoms. The van der Waals surface area contributed by atoms with Crippen LogP contribution in [0.1, 0.15) is 0 Å². The minimum atomic E-state index is -5.61. The zero-order valence-corrected chi connectivity index (χ0v) is 9.63. The molecule has 8 heavy (non-hydrogen) atoms. The van der Waals surface area contributed by atoms with Crippen LogP contribution < -0.4 is 19.2 Å². The van der Waals surface area contributed by atoms with Gasteiger partial charge in [-0.2, -0.15) is 0 Å². The van der Waals surface area contributed by atoms with Crippen molar-refractivity contribution in [2.75, 3.05) is 0 Å². The predicted octanol–water partition coefficient (Wildman–Crippen LogP) is -5.90. The summed E-state index contributed by atoms with van der Waals surface area (Å²) in [5.74, 6) is 0. The topological polar surface area (TPSA) is 92.2 Å². The number of rotatable bonds is 0. The van der Waals surface area contributed by atoms with Gasteiger partial charge < -0.3 is 28.2 Å². The summed E-state index contributed by atoms with van der Waals surface area (Å²) in [7, 11) is -5.61. The van der Waals surface area contributed by atoms with Crippen LogP contribution in [0.2, 0.25) is 0 Å². The summed E-state index contributed by atoms with van der Waals surface area (Å²) in [6.07, 6.45) is 0. The van der Waals surface area contributed by atoms with E-state index in [9.17, 15) is 0 Å². The number of hydrogen-bond acceptors (Lipinski definition) is 4. The molecule has 4 nitrogen and oxygen atoms in total. The zero-order chi connectivity index (χ0) is 4.50. The molecule has 0 aliphatic rings. The number of hydrogen-bond donors (Lipinski definition) is 0. The summed E-state index contributed by atoms with van der Waals surface area (Å²) in [5, 5.41) is 0. The van der Waals surface area contributed by atoms with Crippen molar-refractivity contribution in [1.29, 1.82) is 0 Å². The van der Waals surface area contributed by atoms with Crippen LogP contribution in [0, 0.1) is 0 Å². The average Bonchev–Trinajstić information content (AvgIpc) is 0.722. The van der Waals surface area contributed by atoms with Gasteiger partial charge in [-0.25, -0.2) is 0 Å². The first-order valence-corrected chi connectivity index (χ1v) is 2.45. The van der Waals surface area contributed by atoms with Gasteiger partial charge in [0.2, 0.25) is 0 Å². The van der Waals surface area contributed by atoms with Gasteiger partial charge in [-0.15, -0.1) is 0 Å². The van der Waals surface area contributed by atoms with E-state index < -0.39 is 9.05 Å². The zero-order valence-electron chi connectivity index (χ0n) is 3.90. The van der Waals surface area contributed by atoms with Gasteiger partial charge in [0.05, 0.1) is 0 Å². The minimum absolute atomic E-state index is 0. The van der Waals surface area contributed by atoms with Crippen LogP contribution in [0.15, 0.2) is 0 Å². The van der Waals surface area contributed by atoms with Crippen LogP contribution in [0.3, 0.4) is 0 Å². The molecule has 0 amide bonds. The maximum atomic E-state index is 8.58. The van der Waals surface area contributed by atoms with E-state index in [1.165, 1.54) is 0 Å². The van der Waals surface area contributed by atoms with Crippen molar-refractivity contribution in [2.24, 2.45) is 0 Å². The molecule has 0 aromatic carbocycles. The van der Waals surface area contributed by atoms with Crippen LogP contribution in [0.5, 0.6) is 0 Å². The van der Waals surface area contributed by atoms with Gasteiger partial charge in [0.15, 0.2) is 0 Å². The Bertz CT molecular complexity index is 31.5. The molecule has 0 spiro atoms. The van der Waals surface area contributed by atoms with Crippen molar-refractivity contribution >= 4 is 69.8 Å². The molecule has 40 valence electrons. The molecule has 0 aliphatic heterocycles. The van der Waals surface area contributed by atoms with Crippen molar-refractivity contribution in [1.82, 2.24) is 0 Å². The van der Waals surface area contributed by atoms with Crippen molar-refractivity contribution in [2.45, 2.75) is 0 Å². The normalized spacial score (nSPS) is 7.50. The summed E-state index contributed by atoms with van der Waals surface area (Å²) < 4.78 is 0. The Morgan fingerprint density at radius 1 is 0.875 bits per heavy atom. The molecule has 0 unspecified atom stereocenters. The van der Waals surface area contributed by atoms with Gasteiger partial charge in [0.1, 0.15) is 0 Å². The molecular weight excluding hydrogens is 212 g/mol. The maximum absolute atomic E-state index is 8.58. The van der Waals surface area contributed by atoms with E-state index in [0.29, 0.717) is 0 Å². The van der Waals surface area contributed by atoms with Gasteiger partial charge in [-0.05, 0) is 0 Å². The molecule has 0 saturated heterocycles. The van der Waals surface area contributed by atoms with E-state index in [1.54, 1.807) is 0 Å². The quantitative estimate of drug-likeness (QED) is 0.374. The smallest absolute Gasteiger partial charge is 0.894 e. The summed E-state index contributed by atoms with van der Waals surface area (Å²) >= 11 is 0. The fourth-order valence-electron chi connectivity index (χ4n) is 0. The molecule has 0 aromatic heterocycles. The molecule has 0 aromatic rings. The second-order valence-corrected chi connectivity index (χ2v) is 1.50. The van der Waals surface area contributed by atoms with Crippen LogP contribution in [0.25, 0.3) is 0 Å². The second-order valence-electron chi connectivity index (χ2n) is 0.500. The summed E-state index contributed by atoms with van der Waals surface area (Å²) in [6.45, 7) is 0. The van der Waals surface area contributed by atoms with Gasteiger partial charge in [0.25, 0.3) is 0 Å². The molecule has 0 aliphatic carbocycles. The first-order chi connectivity index (χ1) is 2.00. The second kappa shape index (κ2) is 9.60. The summed E-state index contributed by atoms with van der Waals surface area (Å²) in [5.41, 5.74) is 0. The van der Waals surface area contributed by atoms with Crippen molar-refractivity contribution < 1.29 is 36.3 Å². The van der Waals surface area contributed by atoms with Gasteiger partial charge in [0, 0.05) is 17.1 Å². The Kier molecular flexibility index (Phi) is 26.9. The van der Waals surface area contributed by atoms with Crippen LogP contribution in [-0.4, -0.2) is 69.8 Å². The molecule has 0 rings (SSSR count). The largest absolute Gasteiger partial charge is 2.00 e. The third kappa shape index (κ3) is 73.4. The fourth-order valence-corrected chi connectivity index (χ4v) is 0. The maximum Gasteiger partial charge on any atom is 2.00 e. The molecular formula is CaFeMgO4Si. The van der Waals surface area contributed by atoms with E-state index in [2.05, 4.69) is 0 Å². The van der Waals surface area contributed by atoms with Gasteiger partial charge >= 0.3 is 60.8 Å². The SMILES string of the molecule is [Ca+2].[Fe].[Mg+2].[O-][Si]([O-])([O-])[O-]. The fraction of sp³-hybridized carbons (Fsp3) is 0. The van der Waals surface area contributed by atoms with Crippen LogP contribution >= 0.6 is 0 Å². The molecule has 8 heteroatoms. The van der Waals surface area contributed by atoms with Gasteiger partial charge in [-0.3, -0.25) is 0 Å². The summed E-state index contributed by atoms with van der Waals surface area (Å²) in [6, 6.07) is 0. The third-order valence-corrected chi connectivity index (χ3v) is 0. The van der Waals surface area contributed by atoms with E-state index in [4.69, 9.17) is 19.2 Å². The minimum Gasteiger partial charge on any atom is -0.894 e. The van der Waals surface area contributed by atoms with Gasteiger partial charge in [-0.1, -0.05) is 0 Å². The Labute approximate surface area is 104 Å². The Morgan fingerprint density at radius 2 is 0.875 bits per heavy atom. The van der Waals surface area contributed by atoms with E-state index in [-0.39, 0.29) is 77.9 Å². The van der Waals surface area contributed by atoms with Crippen molar-refractivity contribution in [3.05, 3.63) is 0 Å². The Morgan fingerprint density at radius 3 is 0.875 bits per heavy atom. The first kappa shape index (κ1) is 22.4. The average molecular weight is 212 g/mol. The van der Waals surface area contributed by atoms with Crippen molar-refractivity contribution in [3.8, 4) is 0 Å². The molecule has 0 atom stereocenters. The monoisotopic (exact) mass is 212 g/mol. The van der Waals surface area contributed by atoms with Crippen LogP contribution in [0.4, 0.5) is 0 Å². The molecule has 0 saturated carbocycles. The molecule has 0 radical (unpaired) electrons. The molecule has 0 heterocycles. The van der Waals surface area contributed by atoms with E-state index in [0.717, 1.165) is 0 Å². The molecule has 0 N–H and O–H groups in total. The molecule has 0 fully saturated rings. The first-order valence-electron chi connectivity index (χ1n) is 0.816. The van der Waals surface area contributed by atoms with Crippen molar-refractivity contribution in [3.63, 3.8) is 0 Å². The van der Waals surface area contributed by atoms with E-state index >= 15 is 0 Å². The van der Waals surface area contributed by atoms with E-state index in [1.807, 2.05) is 0 Å². The standard InChI is InChI=1S/Ca.Fe.Mg.O4Si/c;;;1-5(2,3)4/q+2;;+2;-4. The Hall–Kier alpha value is 2.60. The third-order valence-electron chi connectivity index (χ3n) is 0. The Balaban J connectivity index is -0.0000000267. The predicted molar refractivity (Wildman–Crippen MR) is 17.3 cm³/mol. The summed E-state index contributed by atoms with van der Waals surface area (Å²) in [4.78, 5) is 34.3.